The molecule has 0 aliphatic rings. The normalized spacial score (nSPS) is 10.8. The molecule has 0 bridgehead atoms. The third-order valence-corrected chi connectivity index (χ3v) is 5.92. The average Bonchev–Trinajstić information content (AvgIpc) is 2.80. The second-order valence-corrected chi connectivity index (χ2v) is 8.84. The van der Waals surface area contributed by atoms with Crippen molar-refractivity contribution >= 4 is 33.3 Å². The van der Waals surface area contributed by atoms with E-state index in [1.54, 1.807) is 24.3 Å². The smallest absolute Gasteiger partial charge is 0.340 e. The molecule has 0 atom stereocenters. The maximum absolute atomic E-state index is 12.6. The molecule has 0 saturated carbocycles. The molecule has 10 nitrogen and oxygen atoms in total. The number of carbonyl (C=O) groups excluding carboxylic acids is 2. The van der Waals surface area contributed by atoms with Gasteiger partial charge in [-0.15, -0.1) is 0 Å². The topological polar surface area (TPSA) is 120 Å². The molecule has 2 aromatic carbocycles. The Labute approximate surface area is 193 Å². The summed E-state index contributed by atoms with van der Waals surface area (Å²) >= 11 is 0. The largest absolute Gasteiger partial charge is 0.497 e. The molecule has 0 radical (unpaired) electrons. The second-order valence-electron chi connectivity index (χ2n) is 6.93. The number of anilines is 2. The molecule has 0 aromatic heterocycles. The number of rotatable bonds is 11. The lowest BCUT2D eigenvalue weighted by atomic mass is 10.1. The van der Waals surface area contributed by atoms with Crippen molar-refractivity contribution in [3.05, 3.63) is 42.0 Å². The quantitative estimate of drug-likeness (QED) is 0.488. The van der Waals surface area contributed by atoms with Gasteiger partial charge in [0.25, 0.3) is 0 Å². The number of nitrogens with zero attached hydrogens (tertiary/aromatic N) is 1. The minimum atomic E-state index is -3.56. The number of hydrogen-bond acceptors (Lipinski definition) is 8. The Kier molecular flexibility index (Phi) is 8.92. The Bertz CT molecular complexity index is 1080. The van der Waals surface area contributed by atoms with Crippen LogP contribution in [0.1, 0.15) is 23.2 Å². The summed E-state index contributed by atoms with van der Waals surface area (Å²) < 4.78 is 46.0. The van der Waals surface area contributed by atoms with Gasteiger partial charge < -0.3 is 24.3 Å². The molecule has 0 spiro atoms. The van der Waals surface area contributed by atoms with Crippen LogP contribution >= 0.6 is 0 Å². The number of methoxy groups -OCH3 is 4. The molecule has 2 aromatic rings. The third kappa shape index (κ3) is 6.75. The lowest BCUT2D eigenvalue weighted by Crippen LogP contribution is -2.31. The summed E-state index contributed by atoms with van der Waals surface area (Å²) in [4.78, 5) is 24.7. The summed E-state index contributed by atoms with van der Waals surface area (Å²) in [6.45, 7) is 0.0916. The standard InChI is InChI=1S/C22H28N2O8S/c1-29-16-10-8-15(9-11-16)24(33(5,27)28)12-6-7-21(25)23-18-14-20(31-3)19(30-2)13-17(18)22(26)32-4/h8-11,13-14H,6-7,12H2,1-5H3,(H,23,25). The number of esters is 1. The van der Waals surface area contributed by atoms with Crippen LogP contribution in [0, 0.1) is 0 Å². The predicted molar refractivity (Wildman–Crippen MR) is 124 cm³/mol. The van der Waals surface area contributed by atoms with Crippen molar-refractivity contribution < 1.29 is 37.0 Å². The Morgan fingerprint density at radius 1 is 0.939 bits per heavy atom. The number of amides is 1. The Hall–Kier alpha value is -3.47. The molecule has 0 unspecified atom stereocenters. The monoisotopic (exact) mass is 480 g/mol. The molecule has 0 aliphatic heterocycles. The molecule has 0 aliphatic carbocycles. The fourth-order valence-electron chi connectivity index (χ4n) is 3.09. The van der Waals surface area contributed by atoms with Gasteiger partial charge in [0.2, 0.25) is 15.9 Å². The molecule has 1 amide bonds. The lowest BCUT2D eigenvalue weighted by molar-refractivity contribution is -0.116. The molecule has 180 valence electrons. The highest BCUT2D eigenvalue weighted by molar-refractivity contribution is 7.92. The van der Waals surface area contributed by atoms with Gasteiger partial charge in [-0.2, -0.15) is 0 Å². The van der Waals surface area contributed by atoms with Crippen LogP contribution in [0.4, 0.5) is 11.4 Å². The van der Waals surface area contributed by atoms with Gasteiger partial charge in [0.1, 0.15) is 5.75 Å². The number of ether oxygens (including phenoxy) is 4. The van der Waals surface area contributed by atoms with Gasteiger partial charge in [0.05, 0.1) is 51.6 Å². The summed E-state index contributed by atoms with van der Waals surface area (Å²) in [6, 6.07) is 9.45. The van der Waals surface area contributed by atoms with Crippen molar-refractivity contribution in [1.29, 1.82) is 0 Å². The molecule has 0 saturated heterocycles. The minimum absolute atomic E-state index is 0.0110. The van der Waals surface area contributed by atoms with Crippen molar-refractivity contribution in [3.8, 4) is 17.2 Å². The third-order valence-electron chi connectivity index (χ3n) is 4.73. The van der Waals surface area contributed by atoms with E-state index >= 15 is 0 Å². The predicted octanol–water partition coefficient (Wildman–Crippen LogP) is 2.68. The van der Waals surface area contributed by atoms with Crippen molar-refractivity contribution in [3.63, 3.8) is 0 Å². The van der Waals surface area contributed by atoms with E-state index in [9.17, 15) is 18.0 Å². The zero-order valence-electron chi connectivity index (χ0n) is 19.2. The summed E-state index contributed by atoms with van der Waals surface area (Å²) in [5.74, 6) is 0.162. The first-order valence-electron chi connectivity index (χ1n) is 9.90. The van der Waals surface area contributed by atoms with Crippen molar-refractivity contribution in [1.82, 2.24) is 0 Å². The molecule has 2 rings (SSSR count). The van der Waals surface area contributed by atoms with Gasteiger partial charge in [-0.25, -0.2) is 13.2 Å². The molecule has 0 fully saturated rings. The number of benzene rings is 2. The fourth-order valence-corrected chi connectivity index (χ4v) is 4.06. The summed E-state index contributed by atoms with van der Waals surface area (Å²) in [7, 11) is 2.04. The lowest BCUT2D eigenvalue weighted by Gasteiger charge is -2.22. The molecular formula is C22H28N2O8S. The van der Waals surface area contributed by atoms with E-state index in [-0.39, 0.29) is 30.6 Å². The first-order chi connectivity index (χ1) is 15.6. The first kappa shape index (κ1) is 25.8. The van der Waals surface area contributed by atoms with Gasteiger partial charge in [0.15, 0.2) is 11.5 Å². The van der Waals surface area contributed by atoms with Gasteiger partial charge in [0, 0.05) is 25.1 Å². The van der Waals surface area contributed by atoms with E-state index in [0.29, 0.717) is 22.9 Å². The zero-order valence-corrected chi connectivity index (χ0v) is 20.0. The second kappa shape index (κ2) is 11.4. The van der Waals surface area contributed by atoms with Crippen LogP contribution in [-0.4, -0.2) is 61.5 Å². The Morgan fingerprint density at radius 3 is 2.06 bits per heavy atom. The van der Waals surface area contributed by atoms with Crippen LogP contribution in [0.25, 0.3) is 0 Å². The van der Waals surface area contributed by atoms with Crippen LogP contribution in [0.2, 0.25) is 0 Å². The highest BCUT2D eigenvalue weighted by Crippen LogP contribution is 2.34. The average molecular weight is 481 g/mol. The van der Waals surface area contributed by atoms with Crippen molar-refractivity contribution in [2.24, 2.45) is 0 Å². The molecule has 0 heterocycles. The van der Waals surface area contributed by atoms with Gasteiger partial charge >= 0.3 is 5.97 Å². The van der Waals surface area contributed by atoms with E-state index < -0.39 is 21.9 Å². The maximum atomic E-state index is 12.6. The van der Waals surface area contributed by atoms with Gasteiger partial charge in [-0.05, 0) is 30.7 Å². The van der Waals surface area contributed by atoms with E-state index in [0.717, 1.165) is 6.26 Å². The number of hydrogen-bond donors (Lipinski definition) is 1. The zero-order chi connectivity index (χ0) is 24.6. The molecular weight excluding hydrogens is 452 g/mol. The van der Waals surface area contributed by atoms with E-state index in [1.807, 2.05) is 0 Å². The molecule has 33 heavy (non-hydrogen) atoms. The van der Waals surface area contributed by atoms with E-state index in [4.69, 9.17) is 18.9 Å². The van der Waals surface area contributed by atoms with Crippen LogP contribution < -0.4 is 23.8 Å². The van der Waals surface area contributed by atoms with E-state index in [1.165, 1.54) is 44.9 Å². The van der Waals surface area contributed by atoms with Gasteiger partial charge in [-0.1, -0.05) is 0 Å². The van der Waals surface area contributed by atoms with Crippen molar-refractivity contribution in [2.45, 2.75) is 12.8 Å². The summed E-state index contributed by atoms with van der Waals surface area (Å²) in [6.07, 6.45) is 1.35. The SMILES string of the molecule is COC(=O)c1cc(OC)c(OC)cc1NC(=O)CCCN(c1ccc(OC)cc1)S(C)(=O)=O. The minimum Gasteiger partial charge on any atom is -0.497 e. The Balaban J connectivity index is 2.13. The first-order valence-corrected chi connectivity index (χ1v) is 11.7. The van der Waals surface area contributed by atoms with Crippen molar-refractivity contribution in [2.75, 3.05) is 50.9 Å². The highest BCUT2D eigenvalue weighted by atomic mass is 32.2. The Morgan fingerprint density at radius 2 is 1.55 bits per heavy atom. The van der Waals surface area contributed by atoms with Crippen LogP contribution in [0.5, 0.6) is 17.2 Å². The maximum Gasteiger partial charge on any atom is 0.340 e. The van der Waals surface area contributed by atoms with Crippen LogP contribution in [0.15, 0.2) is 36.4 Å². The number of nitrogens with one attached hydrogen (secondary N) is 1. The number of sulfonamides is 1. The number of carbonyl (C=O) groups is 2. The highest BCUT2D eigenvalue weighted by Gasteiger charge is 2.20. The van der Waals surface area contributed by atoms with E-state index in [2.05, 4.69) is 5.32 Å². The fraction of sp³-hybridized carbons (Fsp3) is 0.364. The molecule has 11 heteroatoms. The summed E-state index contributed by atoms with van der Waals surface area (Å²) in [5.41, 5.74) is 0.755. The van der Waals surface area contributed by atoms with Gasteiger partial charge in [-0.3, -0.25) is 9.10 Å². The van der Waals surface area contributed by atoms with Crippen LogP contribution in [0.3, 0.4) is 0 Å². The van der Waals surface area contributed by atoms with Crippen LogP contribution in [-0.2, 0) is 19.6 Å². The summed E-state index contributed by atoms with van der Waals surface area (Å²) in [5, 5.41) is 2.66. The molecule has 1 N–H and O–H groups in total.